The van der Waals surface area contributed by atoms with Crippen molar-refractivity contribution in [3.63, 3.8) is 0 Å². The average Bonchev–Trinajstić information content (AvgIpc) is 2.86. The van der Waals surface area contributed by atoms with Crippen LogP contribution in [0.1, 0.15) is 38.3 Å². The number of carbonyl (C=O) groups excluding carboxylic acids is 3. The van der Waals surface area contributed by atoms with Gasteiger partial charge < -0.3 is 15.0 Å². The van der Waals surface area contributed by atoms with E-state index in [1.807, 2.05) is 42.2 Å². The molecule has 0 unspecified atom stereocenters. The highest BCUT2D eigenvalue weighted by atomic mass is 16.5. The molecule has 1 heterocycles. The lowest BCUT2D eigenvalue weighted by atomic mass is 10.1. The van der Waals surface area contributed by atoms with Crippen LogP contribution < -0.4 is 10.2 Å². The third kappa shape index (κ3) is 5.09. The number of aryl methyl sites for hydroxylation is 1. The molecule has 0 bridgehead atoms. The minimum Gasteiger partial charge on any atom is -0.465 e. The number of carbonyl (C=O) groups is 3. The first-order valence-electron chi connectivity index (χ1n) is 11.2. The number of amides is 3. The molecule has 0 radical (unpaired) electrons. The topological polar surface area (TPSA) is 79.0 Å². The van der Waals surface area contributed by atoms with E-state index in [4.69, 9.17) is 4.74 Å². The number of hydrogen-bond acceptors (Lipinski definition) is 4. The Labute approximate surface area is 198 Å². The summed E-state index contributed by atoms with van der Waals surface area (Å²) in [6.07, 6.45) is 0.834. The molecule has 7 nitrogen and oxygen atoms in total. The molecule has 1 aliphatic heterocycles. The van der Waals surface area contributed by atoms with E-state index in [0.717, 1.165) is 12.0 Å². The molecule has 1 fully saturated rings. The summed E-state index contributed by atoms with van der Waals surface area (Å²) in [6, 6.07) is 21.7. The molecule has 0 aliphatic carbocycles. The van der Waals surface area contributed by atoms with Gasteiger partial charge in [-0.05, 0) is 49.2 Å². The first-order chi connectivity index (χ1) is 16.5. The fourth-order valence-corrected chi connectivity index (χ4v) is 3.97. The first-order valence-corrected chi connectivity index (χ1v) is 11.2. The number of rotatable bonds is 6. The number of para-hydroxylation sites is 1. The highest BCUT2D eigenvalue weighted by molar-refractivity contribution is 6.08. The molecular formula is C27H27N3O4. The Morgan fingerprint density at radius 3 is 2.50 bits per heavy atom. The molecule has 3 amide bonds. The van der Waals surface area contributed by atoms with Crippen LogP contribution in [0.5, 0.6) is 0 Å². The van der Waals surface area contributed by atoms with Crippen molar-refractivity contribution in [1.29, 1.82) is 0 Å². The van der Waals surface area contributed by atoms with E-state index in [-0.39, 0.29) is 17.5 Å². The van der Waals surface area contributed by atoms with E-state index >= 15 is 0 Å². The van der Waals surface area contributed by atoms with Crippen LogP contribution in [-0.4, -0.2) is 43.0 Å². The SMILES string of the molecule is COC(=O)c1ccccc1NC(=O)c1cccc(N2CCCN(Cc3ccc(C)cc3)C2=O)c1. The summed E-state index contributed by atoms with van der Waals surface area (Å²) in [7, 11) is 1.29. The third-order valence-electron chi connectivity index (χ3n) is 5.81. The highest BCUT2D eigenvalue weighted by Crippen LogP contribution is 2.24. The Kier molecular flexibility index (Phi) is 6.92. The van der Waals surface area contributed by atoms with Gasteiger partial charge in [0.1, 0.15) is 0 Å². The molecule has 7 heteroatoms. The fourth-order valence-electron chi connectivity index (χ4n) is 3.97. The second-order valence-corrected chi connectivity index (χ2v) is 8.24. The van der Waals surface area contributed by atoms with E-state index in [1.165, 1.54) is 12.7 Å². The molecular weight excluding hydrogens is 430 g/mol. The van der Waals surface area contributed by atoms with E-state index in [2.05, 4.69) is 5.32 Å². The van der Waals surface area contributed by atoms with Crippen LogP contribution in [-0.2, 0) is 11.3 Å². The second-order valence-electron chi connectivity index (χ2n) is 8.24. The van der Waals surface area contributed by atoms with Gasteiger partial charge in [0.05, 0.1) is 18.4 Å². The Hall–Kier alpha value is -4.13. The predicted molar refractivity (Wildman–Crippen MR) is 131 cm³/mol. The smallest absolute Gasteiger partial charge is 0.339 e. The predicted octanol–water partition coefficient (Wildman–Crippen LogP) is 4.87. The lowest BCUT2D eigenvalue weighted by molar-refractivity contribution is 0.0602. The number of hydrogen-bond donors (Lipinski definition) is 1. The summed E-state index contributed by atoms with van der Waals surface area (Å²) >= 11 is 0. The second kappa shape index (κ2) is 10.2. The van der Waals surface area contributed by atoms with Gasteiger partial charge in [-0.2, -0.15) is 0 Å². The van der Waals surface area contributed by atoms with Crippen molar-refractivity contribution < 1.29 is 19.1 Å². The zero-order valence-electron chi connectivity index (χ0n) is 19.3. The molecule has 1 aliphatic rings. The standard InChI is InChI=1S/C27H27N3O4/c1-19-11-13-20(14-12-19)18-29-15-6-16-30(27(29)33)22-8-5-7-21(17-22)25(31)28-24-10-4-3-9-23(24)26(32)34-2/h3-5,7-14,17H,6,15-16,18H2,1-2H3,(H,28,31). The molecule has 1 N–H and O–H groups in total. The molecule has 34 heavy (non-hydrogen) atoms. The number of benzene rings is 3. The van der Waals surface area contributed by atoms with Gasteiger partial charge in [0, 0.05) is 30.9 Å². The van der Waals surface area contributed by atoms with Crippen LogP contribution in [0.25, 0.3) is 0 Å². The largest absolute Gasteiger partial charge is 0.465 e. The molecule has 0 saturated carbocycles. The maximum absolute atomic E-state index is 13.2. The van der Waals surface area contributed by atoms with Crippen LogP contribution in [0.2, 0.25) is 0 Å². The van der Waals surface area contributed by atoms with Crippen molar-refractivity contribution in [3.05, 3.63) is 95.1 Å². The van der Waals surface area contributed by atoms with Crippen molar-refractivity contribution in [2.24, 2.45) is 0 Å². The average molecular weight is 458 g/mol. The van der Waals surface area contributed by atoms with Crippen LogP contribution in [0.15, 0.2) is 72.8 Å². The Morgan fingerprint density at radius 2 is 1.74 bits per heavy atom. The van der Waals surface area contributed by atoms with Crippen LogP contribution in [0.3, 0.4) is 0 Å². The molecule has 4 rings (SSSR count). The van der Waals surface area contributed by atoms with Crippen molar-refractivity contribution in [3.8, 4) is 0 Å². The van der Waals surface area contributed by atoms with Gasteiger partial charge in [-0.25, -0.2) is 9.59 Å². The van der Waals surface area contributed by atoms with E-state index in [9.17, 15) is 14.4 Å². The number of ether oxygens (including phenoxy) is 1. The van der Waals surface area contributed by atoms with Crippen molar-refractivity contribution in [2.75, 3.05) is 30.4 Å². The summed E-state index contributed by atoms with van der Waals surface area (Å²) in [4.78, 5) is 41.7. The number of anilines is 2. The molecule has 1 saturated heterocycles. The van der Waals surface area contributed by atoms with Crippen molar-refractivity contribution in [2.45, 2.75) is 19.9 Å². The van der Waals surface area contributed by atoms with Gasteiger partial charge in [0.2, 0.25) is 0 Å². The first kappa shape index (κ1) is 23.0. The minimum atomic E-state index is -0.530. The molecule has 3 aromatic carbocycles. The Bertz CT molecular complexity index is 1210. The van der Waals surface area contributed by atoms with Crippen molar-refractivity contribution in [1.82, 2.24) is 4.90 Å². The molecule has 0 aromatic heterocycles. The molecule has 0 spiro atoms. The van der Waals surface area contributed by atoms with Crippen LogP contribution >= 0.6 is 0 Å². The molecule has 174 valence electrons. The minimum absolute atomic E-state index is 0.0829. The van der Waals surface area contributed by atoms with Gasteiger partial charge in [-0.3, -0.25) is 9.69 Å². The lowest BCUT2D eigenvalue weighted by Crippen LogP contribution is -2.49. The summed E-state index contributed by atoms with van der Waals surface area (Å²) in [6.45, 7) is 3.85. The molecule has 0 atom stereocenters. The summed E-state index contributed by atoms with van der Waals surface area (Å²) in [5.74, 6) is -0.906. The van der Waals surface area contributed by atoms with E-state index < -0.39 is 5.97 Å². The third-order valence-corrected chi connectivity index (χ3v) is 5.81. The van der Waals surface area contributed by atoms with Gasteiger partial charge in [0.15, 0.2) is 0 Å². The maximum atomic E-state index is 13.2. The highest BCUT2D eigenvalue weighted by Gasteiger charge is 2.27. The summed E-state index contributed by atoms with van der Waals surface area (Å²) < 4.78 is 4.79. The number of methoxy groups -OCH3 is 1. The number of nitrogens with zero attached hydrogens (tertiary/aromatic N) is 2. The summed E-state index contributed by atoms with van der Waals surface area (Å²) in [5, 5.41) is 2.78. The maximum Gasteiger partial charge on any atom is 0.339 e. The van der Waals surface area contributed by atoms with E-state index in [1.54, 1.807) is 47.4 Å². The Balaban J connectivity index is 1.50. The zero-order chi connectivity index (χ0) is 24.1. The van der Waals surface area contributed by atoms with Crippen LogP contribution in [0, 0.1) is 6.92 Å². The van der Waals surface area contributed by atoms with Crippen molar-refractivity contribution >= 4 is 29.3 Å². The van der Waals surface area contributed by atoms with Crippen LogP contribution in [0.4, 0.5) is 16.2 Å². The Morgan fingerprint density at radius 1 is 0.971 bits per heavy atom. The monoisotopic (exact) mass is 457 g/mol. The summed E-state index contributed by atoms with van der Waals surface area (Å²) in [5.41, 5.74) is 3.95. The number of urea groups is 1. The fraction of sp³-hybridized carbons (Fsp3) is 0.222. The lowest BCUT2D eigenvalue weighted by Gasteiger charge is -2.36. The molecule has 3 aromatic rings. The quantitative estimate of drug-likeness (QED) is 0.536. The normalized spacial score (nSPS) is 13.5. The number of nitrogens with one attached hydrogen (secondary N) is 1. The van der Waals surface area contributed by atoms with E-state index in [0.29, 0.717) is 36.6 Å². The van der Waals surface area contributed by atoms with Gasteiger partial charge in [0.25, 0.3) is 5.91 Å². The van der Waals surface area contributed by atoms with Gasteiger partial charge in [-0.15, -0.1) is 0 Å². The van der Waals surface area contributed by atoms with Gasteiger partial charge >= 0.3 is 12.0 Å². The zero-order valence-corrected chi connectivity index (χ0v) is 19.3. The number of esters is 1. The van der Waals surface area contributed by atoms with Gasteiger partial charge in [-0.1, -0.05) is 48.0 Å².